The maximum Gasteiger partial charge on any atom is 0.416 e. The highest BCUT2D eigenvalue weighted by Gasteiger charge is 2.30. The van der Waals surface area contributed by atoms with Crippen molar-refractivity contribution < 1.29 is 22.8 Å². The molecule has 1 fully saturated rings. The zero-order chi connectivity index (χ0) is 31.0. The van der Waals surface area contributed by atoms with Crippen molar-refractivity contribution in [2.75, 3.05) is 29.5 Å². The Bertz CT molecular complexity index is 1900. The number of nitrogens with two attached hydrogens (primary N) is 1. The van der Waals surface area contributed by atoms with E-state index in [0.717, 1.165) is 36.9 Å². The number of amides is 3. The van der Waals surface area contributed by atoms with Gasteiger partial charge in [-0.2, -0.15) is 13.2 Å². The van der Waals surface area contributed by atoms with Crippen LogP contribution in [0.1, 0.15) is 34.7 Å². The Hall–Kier alpha value is -5.17. The number of carbonyl (C=O) groups excluding carboxylic acids is 2. The number of hydrogen-bond donors (Lipinski definition) is 5. The lowest BCUT2D eigenvalue weighted by atomic mass is 10.00. The topological polar surface area (TPSA) is 138 Å². The molecule has 0 unspecified atom stereocenters. The number of carbonyl (C=O) groups is 2. The van der Waals surface area contributed by atoms with Gasteiger partial charge in [0.15, 0.2) is 0 Å². The van der Waals surface area contributed by atoms with Gasteiger partial charge in [-0.25, -0.2) is 14.8 Å². The molecule has 2 aromatic heterocycles. The molecule has 0 saturated carbocycles. The number of nitrogens with zero attached hydrogens (tertiary/aromatic N) is 3. The van der Waals surface area contributed by atoms with Crippen molar-refractivity contribution in [2.45, 2.75) is 32.0 Å². The monoisotopic (exact) mass is 602 g/mol. The molecule has 1 saturated heterocycles. The number of benzene rings is 3. The number of rotatable bonds is 5. The van der Waals surface area contributed by atoms with Crippen LogP contribution in [0.4, 0.5) is 35.2 Å². The number of hydrogen-bond acceptors (Lipinski definition) is 6. The molecule has 1 atom stereocenters. The number of aryl methyl sites for hydroxylation is 1. The lowest BCUT2D eigenvalue weighted by Crippen LogP contribution is -2.46. The highest BCUT2D eigenvalue weighted by molar-refractivity contribution is 6.11. The van der Waals surface area contributed by atoms with Gasteiger partial charge < -0.3 is 27.0 Å². The van der Waals surface area contributed by atoms with E-state index in [2.05, 4.69) is 26.3 Å². The number of nitrogens with one attached hydrogen (secondary N) is 4. The lowest BCUT2D eigenvalue weighted by Gasteiger charge is -2.24. The maximum absolute atomic E-state index is 13.3. The number of nitrogen functional groups attached to an aromatic ring is 1. The smallest absolute Gasteiger partial charge is 0.382 e. The van der Waals surface area contributed by atoms with Crippen molar-refractivity contribution in [2.24, 2.45) is 0 Å². The molecule has 1 aliphatic rings. The summed E-state index contributed by atoms with van der Waals surface area (Å²) in [4.78, 5) is 35.3. The fourth-order valence-electron chi connectivity index (χ4n) is 5.57. The summed E-state index contributed by atoms with van der Waals surface area (Å²) < 4.78 is 41.1. The normalized spacial score (nSPS) is 15.3. The second kappa shape index (κ2) is 11.5. The Balaban J connectivity index is 1.34. The first-order valence-corrected chi connectivity index (χ1v) is 14.0. The molecule has 226 valence electrons. The second-order valence-corrected chi connectivity index (χ2v) is 10.6. The van der Waals surface area contributed by atoms with E-state index >= 15 is 0 Å². The van der Waals surface area contributed by atoms with Gasteiger partial charge in [0.05, 0.1) is 17.4 Å². The van der Waals surface area contributed by atoms with Crippen molar-refractivity contribution >= 4 is 45.4 Å². The van der Waals surface area contributed by atoms with Gasteiger partial charge >= 0.3 is 12.2 Å². The van der Waals surface area contributed by atoms with Gasteiger partial charge in [0.1, 0.15) is 28.5 Å². The van der Waals surface area contributed by atoms with E-state index in [1.165, 1.54) is 18.3 Å². The van der Waals surface area contributed by atoms with Crippen molar-refractivity contribution in [3.05, 3.63) is 83.9 Å². The molecule has 10 nitrogen and oxygen atoms in total. The summed E-state index contributed by atoms with van der Waals surface area (Å²) in [5, 5.41) is 12.9. The van der Waals surface area contributed by atoms with Crippen LogP contribution in [-0.4, -0.2) is 45.4 Å². The molecule has 13 heteroatoms. The SMILES string of the molecule is Cc1nc(-c2ccc(NC(=O)Nc3cccc(C(F)(F)F)c3)c3ccccc23)c2c(N)ncc(C(=O)N[C@@H]3CCCNC3)n12. The van der Waals surface area contributed by atoms with E-state index in [-0.39, 0.29) is 23.5 Å². The Labute approximate surface area is 249 Å². The summed E-state index contributed by atoms with van der Waals surface area (Å²) in [5.74, 6) is 0.463. The van der Waals surface area contributed by atoms with Crippen molar-refractivity contribution in [3.8, 4) is 11.3 Å². The number of fused-ring (bicyclic) bond motifs is 2. The van der Waals surface area contributed by atoms with Crippen LogP contribution < -0.4 is 27.0 Å². The van der Waals surface area contributed by atoms with E-state index in [9.17, 15) is 22.8 Å². The number of piperidine rings is 1. The molecule has 3 amide bonds. The fraction of sp³-hybridized carbons (Fsp3) is 0.226. The van der Waals surface area contributed by atoms with Crippen LogP contribution in [-0.2, 0) is 6.18 Å². The summed E-state index contributed by atoms with van der Waals surface area (Å²) >= 11 is 0. The number of alkyl halides is 3. The summed E-state index contributed by atoms with van der Waals surface area (Å²) in [7, 11) is 0. The van der Waals surface area contributed by atoms with E-state index < -0.39 is 17.8 Å². The molecule has 6 N–H and O–H groups in total. The molecule has 0 aliphatic carbocycles. The number of urea groups is 1. The number of anilines is 3. The number of aromatic nitrogens is 3. The van der Waals surface area contributed by atoms with Gasteiger partial charge in [-0.15, -0.1) is 0 Å². The molecule has 5 aromatic rings. The van der Waals surface area contributed by atoms with Gasteiger partial charge in [-0.1, -0.05) is 36.4 Å². The maximum atomic E-state index is 13.3. The first kappa shape index (κ1) is 28.9. The average molecular weight is 603 g/mol. The molecule has 3 aromatic carbocycles. The lowest BCUT2D eigenvalue weighted by molar-refractivity contribution is -0.137. The third kappa shape index (κ3) is 5.61. The minimum absolute atomic E-state index is 0.000715. The van der Waals surface area contributed by atoms with E-state index in [0.29, 0.717) is 45.9 Å². The third-order valence-electron chi connectivity index (χ3n) is 7.59. The Morgan fingerprint density at radius 3 is 2.59 bits per heavy atom. The Kier molecular flexibility index (Phi) is 7.55. The zero-order valence-electron chi connectivity index (χ0n) is 23.6. The largest absolute Gasteiger partial charge is 0.416 e. The summed E-state index contributed by atoms with van der Waals surface area (Å²) in [6.07, 6.45) is -1.24. The van der Waals surface area contributed by atoms with Crippen molar-refractivity contribution in [3.63, 3.8) is 0 Å². The predicted molar refractivity (Wildman–Crippen MR) is 163 cm³/mol. The fourth-order valence-corrected chi connectivity index (χ4v) is 5.57. The van der Waals surface area contributed by atoms with Gasteiger partial charge in [-0.05, 0) is 56.0 Å². The van der Waals surface area contributed by atoms with E-state index in [1.807, 2.05) is 18.2 Å². The van der Waals surface area contributed by atoms with Crippen LogP contribution in [0.2, 0.25) is 0 Å². The van der Waals surface area contributed by atoms with E-state index in [1.54, 1.807) is 29.5 Å². The zero-order valence-corrected chi connectivity index (χ0v) is 23.6. The first-order valence-electron chi connectivity index (χ1n) is 14.0. The molecular weight excluding hydrogens is 573 g/mol. The van der Waals surface area contributed by atoms with E-state index in [4.69, 9.17) is 10.7 Å². The highest BCUT2D eigenvalue weighted by atomic mass is 19.4. The van der Waals surface area contributed by atoms with Crippen molar-refractivity contribution in [1.29, 1.82) is 0 Å². The molecule has 1 aliphatic heterocycles. The third-order valence-corrected chi connectivity index (χ3v) is 7.59. The van der Waals surface area contributed by atoms with Gasteiger partial charge in [0, 0.05) is 29.2 Å². The van der Waals surface area contributed by atoms with Crippen LogP contribution >= 0.6 is 0 Å². The molecular formula is C31H29F3N8O2. The first-order chi connectivity index (χ1) is 21.1. The van der Waals surface area contributed by atoms with Crippen LogP contribution in [0.5, 0.6) is 0 Å². The molecule has 6 rings (SSSR count). The molecule has 3 heterocycles. The minimum Gasteiger partial charge on any atom is -0.382 e. The van der Waals surface area contributed by atoms with Crippen LogP contribution in [0, 0.1) is 6.92 Å². The standard InChI is InChI=1S/C31H29F3N8O2/c1-17-38-26(27-28(35)37-16-25(42(17)27)29(43)39-20-8-5-13-36-15-20)23-11-12-24(22-10-3-2-9-21(22)23)41-30(44)40-19-7-4-6-18(14-19)31(32,33)34/h2-4,6-7,9-12,14,16,20,36H,5,8,13,15H2,1H3,(H2,35,37)(H,39,43)(H2,40,41,44)/t20-/m1/s1. The quantitative estimate of drug-likeness (QED) is 0.178. The molecule has 0 spiro atoms. The van der Waals surface area contributed by atoms with Gasteiger partial charge in [0.2, 0.25) is 0 Å². The minimum atomic E-state index is -4.54. The average Bonchev–Trinajstić information content (AvgIpc) is 3.35. The van der Waals surface area contributed by atoms with Gasteiger partial charge in [0.25, 0.3) is 5.91 Å². The molecule has 44 heavy (non-hydrogen) atoms. The van der Waals surface area contributed by atoms with Crippen LogP contribution in [0.3, 0.4) is 0 Å². The summed E-state index contributed by atoms with van der Waals surface area (Å²) in [6, 6.07) is 14.5. The van der Waals surface area contributed by atoms with Gasteiger partial charge in [-0.3, -0.25) is 9.20 Å². The number of imidazole rings is 1. The molecule has 0 bridgehead atoms. The summed E-state index contributed by atoms with van der Waals surface area (Å²) in [5.41, 5.74) is 7.92. The van der Waals surface area contributed by atoms with Crippen LogP contribution in [0.25, 0.3) is 27.5 Å². The van der Waals surface area contributed by atoms with Crippen LogP contribution in [0.15, 0.2) is 66.9 Å². The highest BCUT2D eigenvalue weighted by Crippen LogP contribution is 2.37. The second-order valence-electron chi connectivity index (χ2n) is 10.6. The number of halogens is 3. The van der Waals surface area contributed by atoms with Crippen molar-refractivity contribution in [1.82, 2.24) is 25.0 Å². The Morgan fingerprint density at radius 1 is 1.05 bits per heavy atom. The molecule has 0 radical (unpaired) electrons. The Morgan fingerprint density at radius 2 is 1.84 bits per heavy atom. The predicted octanol–water partition coefficient (Wildman–Crippen LogP) is 5.58. The summed E-state index contributed by atoms with van der Waals surface area (Å²) in [6.45, 7) is 3.40.